The molecule has 0 aliphatic heterocycles. The van der Waals surface area contributed by atoms with Crippen LogP contribution in [0.15, 0.2) is 0 Å². The lowest BCUT2D eigenvalue weighted by molar-refractivity contribution is -0.131. The molecule has 0 heterocycles. The monoisotopic (exact) mass is 428 g/mol. The predicted octanol–water partition coefficient (Wildman–Crippen LogP) is -0.333. The summed E-state index contributed by atoms with van der Waals surface area (Å²) in [4.78, 5) is 58.9. The Labute approximate surface area is 175 Å². The van der Waals surface area contributed by atoms with E-state index < -0.39 is 11.9 Å². The first kappa shape index (κ1) is 25.1. The van der Waals surface area contributed by atoms with Crippen molar-refractivity contribution in [3.8, 4) is 0 Å². The number of hydrogen-bond acceptors (Lipinski definition) is 7. The van der Waals surface area contributed by atoms with Crippen LogP contribution in [0.2, 0.25) is 0 Å². The van der Waals surface area contributed by atoms with Gasteiger partial charge in [0.25, 0.3) is 0 Å². The van der Waals surface area contributed by atoms with E-state index in [1.54, 1.807) is 6.92 Å². The summed E-state index contributed by atoms with van der Waals surface area (Å²) in [7, 11) is 0. The van der Waals surface area contributed by atoms with E-state index in [-0.39, 0.29) is 61.0 Å². The Morgan fingerprint density at radius 1 is 1.14 bits per heavy atom. The number of carbonyl (C=O) groups is 5. The minimum atomic E-state index is -0.929. The third kappa shape index (κ3) is 10.4. The molecule has 1 rings (SSSR count). The molecule has 1 unspecified atom stereocenters. The third-order valence-electron chi connectivity index (χ3n) is 4.37. The number of unbranched alkanes of at least 4 members (excludes halogenated alkanes) is 2. The van der Waals surface area contributed by atoms with Gasteiger partial charge in [-0.25, -0.2) is 0 Å². The molecular weight excluding hydrogens is 396 g/mol. The molecule has 164 valence electrons. The van der Waals surface area contributed by atoms with Crippen LogP contribution in [0.4, 0.5) is 0 Å². The van der Waals surface area contributed by atoms with Crippen LogP contribution in [0.3, 0.4) is 0 Å². The van der Waals surface area contributed by atoms with E-state index in [9.17, 15) is 24.0 Å². The first-order valence-corrected chi connectivity index (χ1v) is 11.1. The maximum atomic E-state index is 12.2. The molecule has 0 aromatic heterocycles. The van der Waals surface area contributed by atoms with E-state index in [4.69, 9.17) is 5.73 Å². The zero-order valence-electron chi connectivity index (χ0n) is 17.0. The number of rotatable bonds is 14. The Morgan fingerprint density at radius 2 is 1.90 bits per heavy atom. The zero-order chi connectivity index (χ0) is 21.6. The van der Waals surface area contributed by atoms with Crippen molar-refractivity contribution in [2.75, 3.05) is 25.4 Å². The SMILES string of the molecule is CCNC(=O)C[C@H](NC(=O)CCCCCSC1CC(=O)CC1=O)C(=O)NCCN. The molecule has 0 saturated heterocycles. The molecule has 1 saturated carbocycles. The number of thioether (sulfide) groups is 1. The van der Waals surface area contributed by atoms with E-state index in [0.29, 0.717) is 19.4 Å². The molecule has 0 aromatic rings. The third-order valence-corrected chi connectivity index (χ3v) is 5.73. The number of nitrogens with one attached hydrogen (secondary N) is 3. The van der Waals surface area contributed by atoms with Gasteiger partial charge in [0.1, 0.15) is 11.8 Å². The van der Waals surface area contributed by atoms with E-state index in [0.717, 1.165) is 18.6 Å². The summed E-state index contributed by atoms with van der Waals surface area (Å²) in [5.74, 6) is -0.217. The molecular formula is C19H32N4O5S. The van der Waals surface area contributed by atoms with Gasteiger partial charge in [-0.05, 0) is 25.5 Å². The van der Waals surface area contributed by atoms with Crippen molar-refractivity contribution in [1.29, 1.82) is 0 Å². The highest BCUT2D eigenvalue weighted by Gasteiger charge is 2.30. The molecule has 0 radical (unpaired) electrons. The minimum absolute atomic E-state index is 0.0156. The van der Waals surface area contributed by atoms with Gasteiger partial charge in [0, 0.05) is 32.5 Å². The van der Waals surface area contributed by atoms with Crippen LogP contribution in [0.25, 0.3) is 0 Å². The van der Waals surface area contributed by atoms with Crippen molar-refractivity contribution in [1.82, 2.24) is 16.0 Å². The largest absolute Gasteiger partial charge is 0.356 e. The molecule has 0 bridgehead atoms. The van der Waals surface area contributed by atoms with Gasteiger partial charge in [-0.15, -0.1) is 0 Å². The number of Topliss-reactive ketones (excluding diaryl/α,β-unsaturated/α-hetero) is 2. The summed E-state index contributed by atoms with van der Waals surface area (Å²) in [6, 6.07) is -0.929. The molecule has 0 aromatic carbocycles. The molecule has 9 nitrogen and oxygen atoms in total. The van der Waals surface area contributed by atoms with Crippen molar-refractivity contribution in [3.05, 3.63) is 0 Å². The summed E-state index contributed by atoms with van der Waals surface area (Å²) in [6.07, 6.45) is 2.81. The molecule has 29 heavy (non-hydrogen) atoms. The van der Waals surface area contributed by atoms with Crippen molar-refractivity contribution < 1.29 is 24.0 Å². The van der Waals surface area contributed by atoms with E-state index in [1.165, 1.54) is 11.8 Å². The Hall–Kier alpha value is -1.94. The molecule has 0 spiro atoms. The summed E-state index contributed by atoms with van der Waals surface area (Å²) < 4.78 is 0. The van der Waals surface area contributed by atoms with Crippen LogP contribution in [-0.4, -0.2) is 66.0 Å². The topological polar surface area (TPSA) is 147 Å². The number of ketones is 2. The molecule has 1 aliphatic carbocycles. The maximum Gasteiger partial charge on any atom is 0.243 e. The molecule has 5 N–H and O–H groups in total. The van der Waals surface area contributed by atoms with Gasteiger partial charge in [-0.3, -0.25) is 24.0 Å². The molecule has 1 fully saturated rings. The normalized spacial score (nSPS) is 17.1. The quantitative estimate of drug-likeness (QED) is 0.219. The van der Waals surface area contributed by atoms with Gasteiger partial charge in [0.15, 0.2) is 5.78 Å². The number of hydrogen-bond donors (Lipinski definition) is 4. The number of nitrogens with two attached hydrogens (primary N) is 1. The van der Waals surface area contributed by atoms with Crippen LogP contribution < -0.4 is 21.7 Å². The zero-order valence-corrected chi connectivity index (χ0v) is 17.8. The molecule has 10 heteroatoms. The smallest absolute Gasteiger partial charge is 0.243 e. The Morgan fingerprint density at radius 3 is 2.52 bits per heavy atom. The summed E-state index contributed by atoms with van der Waals surface area (Å²) in [5, 5.41) is 7.62. The lowest BCUT2D eigenvalue weighted by Gasteiger charge is -2.18. The Balaban J connectivity index is 2.28. The number of carbonyl (C=O) groups excluding carboxylic acids is 5. The van der Waals surface area contributed by atoms with Gasteiger partial charge in [-0.2, -0.15) is 11.8 Å². The average Bonchev–Trinajstić information content (AvgIpc) is 2.99. The van der Waals surface area contributed by atoms with Gasteiger partial charge >= 0.3 is 0 Å². The van der Waals surface area contributed by atoms with Crippen LogP contribution in [0.5, 0.6) is 0 Å². The second kappa shape index (κ2) is 14.1. The van der Waals surface area contributed by atoms with Gasteiger partial charge in [0.05, 0.1) is 18.1 Å². The van der Waals surface area contributed by atoms with Crippen LogP contribution in [-0.2, 0) is 24.0 Å². The van der Waals surface area contributed by atoms with Crippen LogP contribution >= 0.6 is 11.8 Å². The van der Waals surface area contributed by atoms with Crippen molar-refractivity contribution >= 4 is 41.0 Å². The maximum absolute atomic E-state index is 12.2. The van der Waals surface area contributed by atoms with Crippen molar-refractivity contribution in [2.24, 2.45) is 5.73 Å². The first-order valence-electron chi connectivity index (χ1n) is 10.1. The van der Waals surface area contributed by atoms with E-state index >= 15 is 0 Å². The number of amides is 3. The fourth-order valence-electron chi connectivity index (χ4n) is 2.89. The Bertz CT molecular complexity index is 599. The second-order valence-electron chi connectivity index (χ2n) is 6.91. The summed E-state index contributed by atoms with van der Waals surface area (Å²) >= 11 is 1.51. The highest BCUT2D eigenvalue weighted by atomic mass is 32.2. The van der Waals surface area contributed by atoms with Crippen LogP contribution in [0, 0.1) is 0 Å². The van der Waals surface area contributed by atoms with Gasteiger partial charge < -0.3 is 21.7 Å². The molecule has 2 atom stereocenters. The minimum Gasteiger partial charge on any atom is -0.356 e. The van der Waals surface area contributed by atoms with Crippen molar-refractivity contribution in [3.63, 3.8) is 0 Å². The van der Waals surface area contributed by atoms with Gasteiger partial charge in [-0.1, -0.05) is 6.42 Å². The average molecular weight is 429 g/mol. The molecule has 3 amide bonds. The van der Waals surface area contributed by atoms with Crippen LogP contribution in [0.1, 0.15) is 51.9 Å². The second-order valence-corrected chi connectivity index (χ2v) is 8.22. The first-order chi connectivity index (χ1) is 13.9. The molecule has 1 aliphatic rings. The highest BCUT2D eigenvalue weighted by Crippen LogP contribution is 2.25. The van der Waals surface area contributed by atoms with Gasteiger partial charge in [0.2, 0.25) is 17.7 Å². The lowest BCUT2D eigenvalue weighted by Crippen LogP contribution is -2.49. The highest BCUT2D eigenvalue weighted by molar-refractivity contribution is 8.00. The Kier molecular flexibility index (Phi) is 12.2. The van der Waals surface area contributed by atoms with Crippen molar-refractivity contribution in [2.45, 2.75) is 63.2 Å². The van der Waals surface area contributed by atoms with E-state index in [1.807, 2.05) is 0 Å². The lowest BCUT2D eigenvalue weighted by atomic mass is 10.1. The predicted molar refractivity (Wildman–Crippen MR) is 111 cm³/mol. The summed E-state index contributed by atoms with van der Waals surface area (Å²) in [6.45, 7) is 2.76. The standard InChI is InChI=1S/C19H32N4O5S/c1-2-21-18(27)12-14(19(28)22-8-7-20)23-17(26)6-4-3-5-9-29-16-11-13(24)10-15(16)25/h14,16H,2-12,20H2,1H3,(H,21,27)(H,22,28)(H,23,26)/t14-,16?/m0/s1. The van der Waals surface area contributed by atoms with E-state index in [2.05, 4.69) is 16.0 Å². The fourth-order valence-corrected chi connectivity index (χ4v) is 4.12. The summed E-state index contributed by atoms with van der Waals surface area (Å²) in [5.41, 5.74) is 5.37. The fraction of sp³-hybridized carbons (Fsp3) is 0.737.